The van der Waals surface area contributed by atoms with Crippen LogP contribution in [0.15, 0.2) is 29.3 Å². The summed E-state index contributed by atoms with van der Waals surface area (Å²) in [7, 11) is 3.43. The number of nitrogens with zero attached hydrogens (tertiary/aromatic N) is 2. The molecule has 1 N–H and O–H groups in total. The molecule has 1 aromatic rings. The molecule has 146 valence electrons. The number of aliphatic imine (C=N–C) groups is 1. The van der Waals surface area contributed by atoms with E-state index < -0.39 is 0 Å². The second-order valence-corrected chi connectivity index (χ2v) is 6.39. The van der Waals surface area contributed by atoms with Crippen molar-refractivity contribution >= 4 is 5.96 Å². The number of rotatable bonds is 9. The maximum absolute atomic E-state index is 5.95. The number of hydrogen-bond acceptors (Lipinski definition) is 4. The number of piperidine rings is 1. The van der Waals surface area contributed by atoms with Crippen LogP contribution in [-0.2, 0) is 16.0 Å². The van der Waals surface area contributed by atoms with Gasteiger partial charge in [0.25, 0.3) is 0 Å². The number of benzene rings is 1. The van der Waals surface area contributed by atoms with Gasteiger partial charge in [0, 0.05) is 45.5 Å². The predicted octanol–water partition coefficient (Wildman–Crippen LogP) is 2.68. The number of para-hydroxylation sites is 1. The summed E-state index contributed by atoms with van der Waals surface area (Å²) >= 11 is 0. The van der Waals surface area contributed by atoms with E-state index in [4.69, 9.17) is 19.2 Å². The Morgan fingerprint density at radius 1 is 1.19 bits per heavy atom. The molecule has 0 aromatic heterocycles. The molecule has 0 spiro atoms. The number of methoxy groups -OCH3 is 2. The summed E-state index contributed by atoms with van der Waals surface area (Å²) in [4.78, 5) is 7.15. The first kappa shape index (κ1) is 20.5. The molecule has 1 aromatic carbocycles. The summed E-state index contributed by atoms with van der Waals surface area (Å²) in [5, 5.41) is 3.41. The van der Waals surface area contributed by atoms with E-state index in [-0.39, 0.29) is 0 Å². The van der Waals surface area contributed by atoms with Gasteiger partial charge in [-0.3, -0.25) is 0 Å². The number of nitrogens with one attached hydrogen (secondary N) is 1. The highest BCUT2D eigenvalue weighted by molar-refractivity contribution is 5.80. The van der Waals surface area contributed by atoms with Gasteiger partial charge in [0.1, 0.15) is 5.75 Å². The average molecular weight is 364 g/mol. The molecule has 0 amide bonds. The lowest BCUT2D eigenvalue weighted by Crippen LogP contribution is -2.47. The molecule has 0 bridgehead atoms. The highest BCUT2D eigenvalue weighted by atomic mass is 16.5. The first-order valence-electron chi connectivity index (χ1n) is 9.54. The number of hydrogen-bond donors (Lipinski definition) is 1. The van der Waals surface area contributed by atoms with Crippen molar-refractivity contribution in [1.82, 2.24) is 10.2 Å². The smallest absolute Gasteiger partial charge is 0.194 e. The molecule has 1 saturated heterocycles. The quantitative estimate of drug-likeness (QED) is 0.415. The van der Waals surface area contributed by atoms with Crippen molar-refractivity contribution in [3.05, 3.63) is 29.8 Å². The molecule has 0 unspecified atom stereocenters. The molecule has 6 nitrogen and oxygen atoms in total. The lowest BCUT2D eigenvalue weighted by Gasteiger charge is -2.34. The SMILES string of the molecule is CCNC(=NCc1ccccc1OC)N1CCC(OCCCOC)CC1. The molecular weight excluding hydrogens is 330 g/mol. The van der Waals surface area contributed by atoms with Gasteiger partial charge >= 0.3 is 0 Å². The van der Waals surface area contributed by atoms with Crippen molar-refractivity contribution in [3.8, 4) is 5.75 Å². The fourth-order valence-electron chi connectivity index (χ4n) is 3.11. The first-order chi connectivity index (χ1) is 12.8. The van der Waals surface area contributed by atoms with Crippen molar-refractivity contribution in [3.63, 3.8) is 0 Å². The molecule has 1 aliphatic heterocycles. The molecular formula is C20H33N3O3. The van der Waals surface area contributed by atoms with E-state index in [1.54, 1.807) is 14.2 Å². The fraction of sp³-hybridized carbons (Fsp3) is 0.650. The van der Waals surface area contributed by atoms with Crippen molar-refractivity contribution in [2.75, 3.05) is 47.1 Å². The van der Waals surface area contributed by atoms with Crippen molar-refractivity contribution in [1.29, 1.82) is 0 Å². The van der Waals surface area contributed by atoms with Gasteiger partial charge in [-0.2, -0.15) is 0 Å². The Labute approximate surface area is 157 Å². The number of guanidine groups is 1. The van der Waals surface area contributed by atoms with Gasteiger partial charge in [0.05, 0.1) is 19.8 Å². The zero-order valence-electron chi connectivity index (χ0n) is 16.4. The summed E-state index contributed by atoms with van der Waals surface area (Å²) in [6.45, 7) is 7.04. The van der Waals surface area contributed by atoms with Gasteiger partial charge in [0.15, 0.2) is 5.96 Å². The number of ether oxygens (including phenoxy) is 3. The molecule has 0 radical (unpaired) electrons. The Morgan fingerprint density at radius 3 is 2.65 bits per heavy atom. The lowest BCUT2D eigenvalue weighted by atomic mass is 10.1. The minimum atomic E-state index is 0.347. The maximum atomic E-state index is 5.95. The van der Waals surface area contributed by atoms with Gasteiger partial charge in [0.2, 0.25) is 0 Å². The minimum Gasteiger partial charge on any atom is -0.496 e. The summed E-state index contributed by atoms with van der Waals surface area (Å²) in [5.74, 6) is 1.85. The van der Waals surface area contributed by atoms with E-state index in [2.05, 4.69) is 23.2 Å². The highest BCUT2D eigenvalue weighted by Crippen LogP contribution is 2.19. The molecule has 6 heteroatoms. The van der Waals surface area contributed by atoms with Crippen molar-refractivity contribution in [2.45, 2.75) is 38.8 Å². The lowest BCUT2D eigenvalue weighted by molar-refractivity contribution is 0.00990. The monoisotopic (exact) mass is 363 g/mol. The molecule has 1 fully saturated rings. The van der Waals surface area contributed by atoms with E-state index in [9.17, 15) is 0 Å². The Morgan fingerprint density at radius 2 is 1.96 bits per heavy atom. The summed E-state index contributed by atoms with van der Waals surface area (Å²) in [6, 6.07) is 8.04. The van der Waals surface area contributed by atoms with Gasteiger partial charge < -0.3 is 24.4 Å². The average Bonchev–Trinajstić information content (AvgIpc) is 2.69. The second-order valence-electron chi connectivity index (χ2n) is 6.39. The third kappa shape index (κ3) is 6.50. The summed E-state index contributed by atoms with van der Waals surface area (Å²) in [5.41, 5.74) is 1.10. The molecule has 0 atom stereocenters. The third-order valence-corrected chi connectivity index (χ3v) is 4.51. The van der Waals surface area contributed by atoms with Crippen molar-refractivity contribution in [2.24, 2.45) is 4.99 Å². The second kappa shape index (κ2) is 11.8. The largest absolute Gasteiger partial charge is 0.496 e. The van der Waals surface area contributed by atoms with Gasteiger partial charge in [-0.15, -0.1) is 0 Å². The van der Waals surface area contributed by atoms with Crippen LogP contribution < -0.4 is 10.1 Å². The van der Waals surface area contributed by atoms with Gasteiger partial charge in [-0.25, -0.2) is 4.99 Å². The molecule has 1 aliphatic rings. The van der Waals surface area contributed by atoms with Crippen LogP contribution in [0.25, 0.3) is 0 Å². The van der Waals surface area contributed by atoms with Crippen LogP contribution >= 0.6 is 0 Å². The summed E-state index contributed by atoms with van der Waals surface area (Å²) < 4.78 is 16.4. The highest BCUT2D eigenvalue weighted by Gasteiger charge is 2.21. The van der Waals surface area contributed by atoms with Crippen LogP contribution in [-0.4, -0.2) is 64.0 Å². The van der Waals surface area contributed by atoms with E-state index >= 15 is 0 Å². The zero-order valence-corrected chi connectivity index (χ0v) is 16.4. The Hall–Kier alpha value is -1.79. The zero-order chi connectivity index (χ0) is 18.6. The van der Waals surface area contributed by atoms with Crippen LogP contribution in [0, 0.1) is 0 Å². The van der Waals surface area contributed by atoms with Crippen LogP contribution in [0.1, 0.15) is 31.7 Å². The topological polar surface area (TPSA) is 55.3 Å². The third-order valence-electron chi connectivity index (χ3n) is 4.51. The van der Waals surface area contributed by atoms with E-state index in [0.29, 0.717) is 12.6 Å². The standard InChI is InChI=1S/C20H33N3O3/c1-4-21-20(22-16-17-8-5-6-9-19(17)25-3)23-12-10-18(11-13-23)26-15-7-14-24-2/h5-6,8-9,18H,4,7,10-16H2,1-3H3,(H,21,22). The maximum Gasteiger partial charge on any atom is 0.194 e. The molecule has 1 heterocycles. The molecule has 26 heavy (non-hydrogen) atoms. The first-order valence-corrected chi connectivity index (χ1v) is 9.54. The van der Waals surface area contributed by atoms with Crippen LogP contribution in [0.4, 0.5) is 0 Å². The van der Waals surface area contributed by atoms with E-state index in [1.165, 1.54) is 0 Å². The molecule has 0 aliphatic carbocycles. The predicted molar refractivity (Wildman–Crippen MR) is 105 cm³/mol. The summed E-state index contributed by atoms with van der Waals surface area (Å²) in [6.07, 6.45) is 3.37. The van der Waals surface area contributed by atoms with Gasteiger partial charge in [-0.05, 0) is 32.3 Å². The van der Waals surface area contributed by atoms with Crippen molar-refractivity contribution < 1.29 is 14.2 Å². The number of likely N-dealkylation sites (tertiary alicyclic amines) is 1. The fourth-order valence-corrected chi connectivity index (χ4v) is 3.11. The van der Waals surface area contributed by atoms with Crippen LogP contribution in [0.3, 0.4) is 0 Å². The normalized spacial score (nSPS) is 16.0. The Balaban J connectivity index is 1.87. The van der Waals surface area contributed by atoms with Crippen LogP contribution in [0.5, 0.6) is 5.75 Å². The molecule has 2 rings (SSSR count). The Kier molecular flexibility index (Phi) is 9.28. The minimum absolute atomic E-state index is 0.347. The molecule has 0 saturated carbocycles. The van der Waals surface area contributed by atoms with E-state index in [1.807, 2.05) is 18.2 Å². The van der Waals surface area contributed by atoms with Crippen LogP contribution in [0.2, 0.25) is 0 Å². The Bertz CT molecular complexity index is 543. The van der Waals surface area contributed by atoms with E-state index in [0.717, 1.165) is 69.4 Å². The van der Waals surface area contributed by atoms with Gasteiger partial charge in [-0.1, -0.05) is 18.2 Å².